The highest BCUT2D eigenvalue weighted by atomic mass is 79.9. The van der Waals surface area contributed by atoms with Gasteiger partial charge in [-0.15, -0.1) is 0 Å². The van der Waals surface area contributed by atoms with E-state index in [2.05, 4.69) is 21.2 Å². The van der Waals surface area contributed by atoms with Crippen LogP contribution in [0.2, 0.25) is 5.02 Å². The zero-order chi connectivity index (χ0) is 21.4. The monoisotopic (exact) mass is 488 g/mol. The largest absolute Gasteiger partial charge is 0.457 e. The average Bonchev–Trinajstić information content (AvgIpc) is 3.17. The zero-order valence-corrected chi connectivity index (χ0v) is 17.3. The van der Waals surface area contributed by atoms with Crippen LogP contribution >= 0.6 is 27.5 Å². The summed E-state index contributed by atoms with van der Waals surface area (Å²) in [7, 11) is 0. The number of hydrogen-bond donors (Lipinski definition) is 1. The fourth-order valence-electron chi connectivity index (χ4n) is 2.86. The minimum atomic E-state index is -0.918. The summed E-state index contributed by atoms with van der Waals surface area (Å²) in [4.78, 5) is 38.0. The highest BCUT2D eigenvalue weighted by Crippen LogP contribution is 2.30. The summed E-state index contributed by atoms with van der Waals surface area (Å²) < 4.78 is 19.6. The molecule has 0 aliphatic carbocycles. The Morgan fingerprint density at radius 2 is 1.77 bits per heavy atom. The lowest BCUT2D eigenvalue weighted by molar-refractivity contribution is -0.122. The smallest absolute Gasteiger partial charge is 0.335 e. The van der Waals surface area contributed by atoms with Crippen LogP contribution in [0.1, 0.15) is 5.76 Å². The van der Waals surface area contributed by atoms with Gasteiger partial charge >= 0.3 is 6.03 Å². The molecule has 0 atom stereocenters. The van der Waals surface area contributed by atoms with E-state index in [1.807, 2.05) is 0 Å². The molecule has 4 rings (SSSR count). The molecule has 2 heterocycles. The Morgan fingerprint density at radius 3 is 2.47 bits per heavy atom. The van der Waals surface area contributed by atoms with Crippen LogP contribution in [0.3, 0.4) is 0 Å². The van der Waals surface area contributed by atoms with Crippen LogP contribution < -0.4 is 10.2 Å². The number of anilines is 1. The van der Waals surface area contributed by atoms with Crippen molar-refractivity contribution >= 4 is 57.1 Å². The van der Waals surface area contributed by atoms with Crippen molar-refractivity contribution in [3.63, 3.8) is 0 Å². The molecule has 30 heavy (non-hydrogen) atoms. The molecule has 1 aromatic heterocycles. The summed E-state index contributed by atoms with van der Waals surface area (Å²) in [6.45, 7) is 0. The number of nitrogens with zero attached hydrogens (tertiary/aromatic N) is 1. The quantitative estimate of drug-likeness (QED) is 0.407. The number of barbiturate groups is 1. The number of imide groups is 2. The van der Waals surface area contributed by atoms with E-state index >= 15 is 0 Å². The van der Waals surface area contributed by atoms with Gasteiger partial charge in [0.2, 0.25) is 0 Å². The van der Waals surface area contributed by atoms with E-state index in [4.69, 9.17) is 16.0 Å². The molecule has 4 amide bonds. The fourth-order valence-corrected chi connectivity index (χ4v) is 3.29. The zero-order valence-electron chi connectivity index (χ0n) is 15.0. The van der Waals surface area contributed by atoms with Crippen LogP contribution in [-0.2, 0) is 9.59 Å². The van der Waals surface area contributed by atoms with E-state index < -0.39 is 23.7 Å². The van der Waals surface area contributed by atoms with Crippen LogP contribution in [0, 0.1) is 5.82 Å². The van der Waals surface area contributed by atoms with Gasteiger partial charge in [-0.05, 0) is 70.5 Å². The number of furan rings is 1. The number of benzene rings is 2. The van der Waals surface area contributed by atoms with Gasteiger partial charge in [0.05, 0.1) is 10.7 Å². The molecule has 0 bridgehead atoms. The van der Waals surface area contributed by atoms with E-state index in [1.54, 1.807) is 30.3 Å². The summed E-state index contributed by atoms with van der Waals surface area (Å²) in [5.74, 6) is -1.51. The van der Waals surface area contributed by atoms with E-state index in [9.17, 15) is 18.8 Å². The van der Waals surface area contributed by atoms with Crippen molar-refractivity contribution in [2.24, 2.45) is 0 Å². The number of hydrogen-bond acceptors (Lipinski definition) is 4. The predicted molar refractivity (Wildman–Crippen MR) is 112 cm³/mol. The molecule has 1 fully saturated rings. The molecule has 2 aromatic carbocycles. The first-order valence-electron chi connectivity index (χ1n) is 8.56. The first-order chi connectivity index (χ1) is 14.3. The van der Waals surface area contributed by atoms with Crippen molar-refractivity contribution in [3.05, 3.63) is 81.2 Å². The van der Waals surface area contributed by atoms with Gasteiger partial charge in [0.25, 0.3) is 11.8 Å². The number of urea groups is 1. The second-order valence-corrected chi connectivity index (χ2v) is 7.53. The molecule has 1 aliphatic rings. The molecular weight excluding hydrogens is 479 g/mol. The lowest BCUT2D eigenvalue weighted by atomic mass is 10.1. The van der Waals surface area contributed by atoms with Crippen LogP contribution in [0.4, 0.5) is 14.9 Å². The average molecular weight is 490 g/mol. The Hall–Kier alpha value is -3.23. The molecule has 150 valence electrons. The normalized spacial score (nSPS) is 15.6. The number of amides is 4. The van der Waals surface area contributed by atoms with Gasteiger partial charge in [-0.2, -0.15) is 0 Å². The summed E-state index contributed by atoms with van der Waals surface area (Å²) in [6.07, 6.45) is 1.24. The molecule has 1 aliphatic heterocycles. The summed E-state index contributed by atoms with van der Waals surface area (Å²) >= 11 is 9.42. The molecule has 0 spiro atoms. The maximum absolute atomic E-state index is 13.2. The molecule has 1 saturated heterocycles. The Kier molecular flexibility index (Phi) is 5.27. The van der Waals surface area contributed by atoms with Gasteiger partial charge in [-0.3, -0.25) is 14.9 Å². The van der Waals surface area contributed by atoms with Crippen LogP contribution in [0.15, 0.2) is 69.1 Å². The van der Waals surface area contributed by atoms with Crippen LogP contribution in [0.5, 0.6) is 0 Å². The third-order valence-corrected chi connectivity index (χ3v) is 5.54. The van der Waals surface area contributed by atoms with E-state index in [1.165, 1.54) is 18.2 Å². The van der Waals surface area contributed by atoms with Crippen LogP contribution in [-0.4, -0.2) is 17.8 Å². The highest BCUT2D eigenvalue weighted by molar-refractivity contribution is 9.10. The standard InChI is InChI=1S/C21H11BrClFN2O4/c22-16-7-1-11(9-17(16)23)18-8-6-14(30-18)10-15-19(27)25-21(29)26(20(15)28)13-4-2-12(24)3-5-13/h1-10H,(H,25,27,29)/b15-10+. The van der Waals surface area contributed by atoms with Crippen molar-refractivity contribution in [3.8, 4) is 11.3 Å². The molecule has 0 unspecified atom stereocenters. The molecule has 3 aromatic rings. The third-order valence-electron chi connectivity index (χ3n) is 4.30. The van der Waals surface area contributed by atoms with Crippen molar-refractivity contribution in [2.75, 3.05) is 4.90 Å². The minimum absolute atomic E-state index is 0.127. The number of rotatable bonds is 3. The van der Waals surface area contributed by atoms with E-state index in [0.29, 0.717) is 16.3 Å². The maximum atomic E-state index is 13.2. The highest BCUT2D eigenvalue weighted by Gasteiger charge is 2.37. The Morgan fingerprint density at radius 1 is 1.03 bits per heavy atom. The number of carbonyl (C=O) groups excluding carboxylic acids is 3. The Bertz CT molecular complexity index is 1220. The summed E-state index contributed by atoms with van der Waals surface area (Å²) in [6, 6.07) is 12.3. The van der Waals surface area contributed by atoms with Crippen LogP contribution in [0.25, 0.3) is 17.4 Å². The van der Waals surface area contributed by atoms with Gasteiger partial charge in [-0.1, -0.05) is 17.7 Å². The fraction of sp³-hybridized carbons (Fsp3) is 0. The van der Waals surface area contributed by atoms with Crippen molar-refractivity contribution < 1.29 is 23.2 Å². The summed E-state index contributed by atoms with van der Waals surface area (Å²) in [5, 5.41) is 2.60. The lowest BCUT2D eigenvalue weighted by Gasteiger charge is -2.26. The first kappa shape index (κ1) is 20.1. The summed E-state index contributed by atoms with van der Waals surface area (Å²) in [5.41, 5.74) is 0.533. The van der Waals surface area contributed by atoms with Gasteiger partial charge in [0.15, 0.2) is 0 Å². The topological polar surface area (TPSA) is 79.6 Å². The third kappa shape index (κ3) is 3.79. The molecule has 9 heteroatoms. The molecule has 6 nitrogen and oxygen atoms in total. The van der Waals surface area contributed by atoms with E-state index in [-0.39, 0.29) is 17.0 Å². The molecular formula is C21H11BrClFN2O4. The number of nitrogens with one attached hydrogen (secondary N) is 1. The number of halogens is 3. The minimum Gasteiger partial charge on any atom is -0.457 e. The van der Waals surface area contributed by atoms with Crippen molar-refractivity contribution in [1.29, 1.82) is 0 Å². The van der Waals surface area contributed by atoms with Gasteiger partial charge < -0.3 is 4.42 Å². The van der Waals surface area contributed by atoms with Gasteiger partial charge in [0.1, 0.15) is 22.9 Å². The Balaban J connectivity index is 1.67. The van der Waals surface area contributed by atoms with Gasteiger partial charge in [0, 0.05) is 10.0 Å². The number of carbonyl (C=O) groups is 3. The second kappa shape index (κ2) is 7.89. The SMILES string of the molecule is O=C1NC(=O)N(c2ccc(F)cc2)C(=O)/C1=C/c1ccc(-c2ccc(Br)c(Cl)c2)o1. The lowest BCUT2D eigenvalue weighted by Crippen LogP contribution is -2.54. The Labute approximate surface area is 183 Å². The second-order valence-electron chi connectivity index (χ2n) is 6.27. The van der Waals surface area contributed by atoms with Crippen molar-refractivity contribution in [1.82, 2.24) is 5.32 Å². The maximum Gasteiger partial charge on any atom is 0.335 e. The molecule has 0 saturated carbocycles. The first-order valence-corrected chi connectivity index (χ1v) is 9.73. The van der Waals surface area contributed by atoms with Crippen molar-refractivity contribution in [2.45, 2.75) is 0 Å². The molecule has 0 radical (unpaired) electrons. The van der Waals surface area contributed by atoms with E-state index in [0.717, 1.165) is 21.5 Å². The molecule has 1 N–H and O–H groups in total. The van der Waals surface area contributed by atoms with Gasteiger partial charge in [-0.25, -0.2) is 14.1 Å². The predicted octanol–water partition coefficient (Wildman–Crippen LogP) is 5.17.